The third-order valence-electron chi connectivity index (χ3n) is 3.19. The maximum Gasteiger partial charge on any atom is 0.313 e. The number of aromatic nitrogens is 3. The number of carbonyl (C=O) groups is 2. The van der Waals surface area contributed by atoms with Crippen LogP contribution in [0.15, 0.2) is 29.4 Å². The second kappa shape index (κ2) is 8.84. The lowest BCUT2D eigenvalue weighted by atomic mass is 10.2. The van der Waals surface area contributed by atoms with Gasteiger partial charge in [0.05, 0.1) is 23.6 Å². The largest absolute Gasteiger partial charge is 0.466 e. The standard InChI is InChI=1S/C16H17N5O3S/c1-3-24-15(23)8-13-19-20-16(21(13)2)25-10-14(22)18-12-7-5-4-6-11(12)9-17/h4-7H,3,8,10H2,1-2H3,(H,18,22). The van der Waals surface area contributed by atoms with E-state index in [1.807, 2.05) is 6.07 Å². The summed E-state index contributed by atoms with van der Waals surface area (Å²) in [6, 6.07) is 8.80. The molecule has 1 aromatic heterocycles. The zero-order chi connectivity index (χ0) is 18.2. The summed E-state index contributed by atoms with van der Waals surface area (Å²) in [5.74, 6) is -0.0651. The van der Waals surface area contributed by atoms with Crippen molar-refractivity contribution in [3.05, 3.63) is 35.7 Å². The van der Waals surface area contributed by atoms with E-state index in [2.05, 4.69) is 15.5 Å². The van der Waals surface area contributed by atoms with E-state index in [1.54, 1.807) is 42.8 Å². The number of esters is 1. The summed E-state index contributed by atoms with van der Waals surface area (Å²) in [5, 5.41) is 20.2. The van der Waals surface area contributed by atoms with Crippen molar-refractivity contribution in [1.29, 1.82) is 5.26 Å². The van der Waals surface area contributed by atoms with Crippen LogP contribution in [0.1, 0.15) is 18.3 Å². The number of thioether (sulfide) groups is 1. The topological polar surface area (TPSA) is 110 Å². The molecular formula is C16H17N5O3S. The number of benzene rings is 1. The summed E-state index contributed by atoms with van der Waals surface area (Å²) in [6.45, 7) is 2.04. The number of anilines is 1. The van der Waals surface area contributed by atoms with E-state index in [9.17, 15) is 9.59 Å². The van der Waals surface area contributed by atoms with Crippen LogP contribution < -0.4 is 5.32 Å². The van der Waals surface area contributed by atoms with E-state index in [4.69, 9.17) is 10.00 Å². The van der Waals surface area contributed by atoms with Gasteiger partial charge in [0, 0.05) is 7.05 Å². The van der Waals surface area contributed by atoms with E-state index in [0.717, 1.165) is 0 Å². The van der Waals surface area contributed by atoms with Gasteiger partial charge in [0.15, 0.2) is 5.16 Å². The van der Waals surface area contributed by atoms with Crippen LogP contribution in [0.5, 0.6) is 0 Å². The Bertz CT molecular complexity index is 812. The molecule has 0 atom stereocenters. The summed E-state index contributed by atoms with van der Waals surface area (Å²) in [4.78, 5) is 23.6. The highest BCUT2D eigenvalue weighted by molar-refractivity contribution is 7.99. The predicted molar refractivity (Wildman–Crippen MR) is 91.9 cm³/mol. The van der Waals surface area contributed by atoms with E-state index >= 15 is 0 Å². The van der Waals surface area contributed by atoms with Crippen molar-refractivity contribution in [1.82, 2.24) is 14.8 Å². The van der Waals surface area contributed by atoms with Gasteiger partial charge in [-0.2, -0.15) is 5.26 Å². The number of nitrogens with zero attached hydrogens (tertiary/aromatic N) is 4. The molecule has 0 saturated carbocycles. The van der Waals surface area contributed by atoms with Crippen molar-refractivity contribution in [3.63, 3.8) is 0 Å². The Hall–Kier alpha value is -2.86. The van der Waals surface area contributed by atoms with Gasteiger partial charge in [-0.25, -0.2) is 0 Å². The SMILES string of the molecule is CCOC(=O)Cc1nnc(SCC(=O)Nc2ccccc2C#N)n1C. The summed E-state index contributed by atoms with van der Waals surface area (Å²) in [7, 11) is 1.72. The lowest BCUT2D eigenvalue weighted by Crippen LogP contribution is -2.15. The Morgan fingerprint density at radius 2 is 2.12 bits per heavy atom. The first-order chi connectivity index (χ1) is 12.0. The first-order valence-electron chi connectivity index (χ1n) is 7.50. The van der Waals surface area contributed by atoms with Crippen molar-refractivity contribution in [2.75, 3.05) is 17.7 Å². The molecule has 1 aromatic carbocycles. The fourth-order valence-electron chi connectivity index (χ4n) is 1.97. The highest BCUT2D eigenvalue weighted by Crippen LogP contribution is 2.18. The quantitative estimate of drug-likeness (QED) is 0.589. The van der Waals surface area contributed by atoms with Gasteiger partial charge in [0.25, 0.3) is 0 Å². The summed E-state index contributed by atoms with van der Waals surface area (Å²) < 4.78 is 6.53. The van der Waals surface area contributed by atoms with Gasteiger partial charge < -0.3 is 14.6 Å². The smallest absolute Gasteiger partial charge is 0.313 e. The number of carbonyl (C=O) groups excluding carboxylic acids is 2. The minimum absolute atomic E-state index is 0.0274. The lowest BCUT2D eigenvalue weighted by molar-refractivity contribution is -0.142. The van der Waals surface area contributed by atoms with Crippen LogP contribution in [0, 0.1) is 11.3 Å². The van der Waals surface area contributed by atoms with Crippen molar-refractivity contribution < 1.29 is 14.3 Å². The fraction of sp³-hybridized carbons (Fsp3) is 0.312. The van der Waals surface area contributed by atoms with E-state index < -0.39 is 0 Å². The first kappa shape index (κ1) is 18.5. The third-order valence-corrected chi connectivity index (χ3v) is 4.21. The molecule has 0 aliphatic rings. The Morgan fingerprint density at radius 3 is 2.84 bits per heavy atom. The molecule has 1 N–H and O–H groups in total. The van der Waals surface area contributed by atoms with Crippen LogP contribution in [0.3, 0.4) is 0 Å². The molecule has 2 rings (SSSR count). The van der Waals surface area contributed by atoms with Gasteiger partial charge in [-0.15, -0.1) is 10.2 Å². The van der Waals surface area contributed by atoms with Crippen LogP contribution >= 0.6 is 11.8 Å². The van der Waals surface area contributed by atoms with Gasteiger partial charge in [0.2, 0.25) is 5.91 Å². The number of hydrogen-bond acceptors (Lipinski definition) is 7. The molecule has 1 heterocycles. The monoisotopic (exact) mass is 359 g/mol. The summed E-state index contributed by atoms with van der Waals surface area (Å²) in [6.07, 6.45) is 0.0274. The molecule has 0 spiro atoms. The van der Waals surface area contributed by atoms with Gasteiger partial charge >= 0.3 is 5.97 Å². The second-order valence-corrected chi connectivity index (χ2v) is 5.88. The maximum absolute atomic E-state index is 12.1. The molecule has 9 heteroatoms. The second-order valence-electron chi connectivity index (χ2n) is 4.93. The average Bonchev–Trinajstić information content (AvgIpc) is 2.94. The van der Waals surface area contributed by atoms with Crippen molar-refractivity contribution in [2.45, 2.75) is 18.5 Å². The van der Waals surface area contributed by atoms with E-state index in [-0.39, 0.29) is 24.1 Å². The third kappa shape index (κ3) is 5.06. The molecule has 130 valence electrons. The molecule has 0 unspecified atom stereocenters. The number of para-hydroxylation sites is 1. The van der Waals surface area contributed by atoms with Crippen LogP contribution in [0.4, 0.5) is 5.69 Å². The molecule has 25 heavy (non-hydrogen) atoms. The molecule has 0 fully saturated rings. The number of amides is 1. The zero-order valence-electron chi connectivity index (χ0n) is 13.9. The van der Waals surface area contributed by atoms with Crippen molar-refractivity contribution >= 4 is 29.3 Å². The molecule has 0 aliphatic heterocycles. The Morgan fingerprint density at radius 1 is 1.36 bits per heavy atom. The van der Waals surface area contributed by atoms with Crippen LogP contribution in [0.2, 0.25) is 0 Å². The molecule has 0 saturated heterocycles. The summed E-state index contributed by atoms with van der Waals surface area (Å²) in [5.41, 5.74) is 0.868. The minimum atomic E-state index is -0.375. The minimum Gasteiger partial charge on any atom is -0.466 e. The number of nitrogens with one attached hydrogen (secondary N) is 1. The molecule has 1 amide bonds. The summed E-state index contributed by atoms with van der Waals surface area (Å²) >= 11 is 1.19. The van der Waals surface area contributed by atoms with Crippen LogP contribution in [-0.2, 0) is 27.8 Å². The highest BCUT2D eigenvalue weighted by Gasteiger charge is 2.15. The molecule has 0 aliphatic carbocycles. The van der Waals surface area contributed by atoms with Crippen molar-refractivity contribution in [3.8, 4) is 6.07 Å². The van der Waals surface area contributed by atoms with E-state index in [0.29, 0.717) is 28.8 Å². The predicted octanol–water partition coefficient (Wildman–Crippen LogP) is 1.52. The Labute approximate surface area is 149 Å². The lowest BCUT2D eigenvalue weighted by Gasteiger charge is -2.07. The van der Waals surface area contributed by atoms with Gasteiger partial charge in [0.1, 0.15) is 18.3 Å². The van der Waals surface area contributed by atoms with Gasteiger partial charge in [-0.3, -0.25) is 9.59 Å². The van der Waals surface area contributed by atoms with Gasteiger partial charge in [-0.1, -0.05) is 23.9 Å². The average molecular weight is 359 g/mol. The zero-order valence-corrected chi connectivity index (χ0v) is 14.7. The molecule has 8 nitrogen and oxygen atoms in total. The highest BCUT2D eigenvalue weighted by atomic mass is 32.2. The molecule has 0 bridgehead atoms. The number of ether oxygens (including phenoxy) is 1. The van der Waals surface area contributed by atoms with Crippen LogP contribution in [-0.4, -0.2) is 39.0 Å². The number of nitriles is 1. The normalized spacial score (nSPS) is 10.1. The fourth-order valence-corrected chi connectivity index (χ4v) is 2.70. The van der Waals surface area contributed by atoms with Gasteiger partial charge in [-0.05, 0) is 19.1 Å². The maximum atomic E-state index is 12.1. The van der Waals surface area contributed by atoms with Crippen LogP contribution in [0.25, 0.3) is 0 Å². The Balaban J connectivity index is 1.93. The van der Waals surface area contributed by atoms with Crippen molar-refractivity contribution in [2.24, 2.45) is 7.05 Å². The number of hydrogen-bond donors (Lipinski definition) is 1. The number of rotatable bonds is 7. The van der Waals surface area contributed by atoms with E-state index in [1.165, 1.54) is 11.8 Å². The molecular weight excluding hydrogens is 342 g/mol. The molecule has 0 radical (unpaired) electrons. The molecule has 2 aromatic rings. The Kier molecular flexibility index (Phi) is 6.54. The first-order valence-corrected chi connectivity index (χ1v) is 8.49.